The van der Waals surface area contributed by atoms with E-state index in [1.165, 1.54) is 11.0 Å². The Morgan fingerprint density at radius 2 is 1.77 bits per heavy atom. The molecule has 1 aliphatic carbocycles. The van der Waals surface area contributed by atoms with Crippen molar-refractivity contribution in [2.45, 2.75) is 25.4 Å². The SMILES string of the molecule is O=C(c1cc(F)ccc1F)N(Cc1ccccc1F)C1CC1. The zero-order valence-corrected chi connectivity index (χ0v) is 11.7. The van der Waals surface area contributed by atoms with E-state index < -0.39 is 23.4 Å². The number of nitrogens with zero attached hydrogens (tertiary/aromatic N) is 1. The number of amides is 1. The first-order valence-electron chi connectivity index (χ1n) is 7.05. The molecule has 22 heavy (non-hydrogen) atoms. The molecular formula is C17H14F3NO. The van der Waals surface area contributed by atoms with Crippen LogP contribution in [0.15, 0.2) is 42.5 Å². The van der Waals surface area contributed by atoms with Crippen LogP contribution in [0.1, 0.15) is 28.8 Å². The topological polar surface area (TPSA) is 20.3 Å². The van der Waals surface area contributed by atoms with Gasteiger partial charge in [0.15, 0.2) is 0 Å². The number of benzene rings is 2. The third-order valence-corrected chi connectivity index (χ3v) is 3.71. The molecule has 0 unspecified atom stereocenters. The van der Waals surface area contributed by atoms with E-state index in [0.717, 1.165) is 31.0 Å². The van der Waals surface area contributed by atoms with Gasteiger partial charge < -0.3 is 4.90 Å². The minimum atomic E-state index is -0.773. The molecule has 0 N–H and O–H groups in total. The second-order valence-electron chi connectivity index (χ2n) is 5.38. The van der Waals surface area contributed by atoms with Crippen LogP contribution in [0, 0.1) is 17.5 Å². The molecule has 0 aliphatic heterocycles. The molecule has 0 atom stereocenters. The summed E-state index contributed by atoms with van der Waals surface area (Å²) in [5.41, 5.74) is 0.0443. The predicted octanol–water partition coefficient (Wildman–Crippen LogP) is 3.91. The monoisotopic (exact) mass is 305 g/mol. The lowest BCUT2D eigenvalue weighted by atomic mass is 10.1. The van der Waals surface area contributed by atoms with Gasteiger partial charge in [0.25, 0.3) is 5.91 Å². The van der Waals surface area contributed by atoms with E-state index >= 15 is 0 Å². The van der Waals surface area contributed by atoms with E-state index in [0.29, 0.717) is 5.56 Å². The van der Waals surface area contributed by atoms with Crippen molar-refractivity contribution in [3.63, 3.8) is 0 Å². The second-order valence-corrected chi connectivity index (χ2v) is 5.38. The van der Waals surface area contributed by atoms with Crippen molar-refractivity contribution in [3.8, 4) is 0 Å². The molecule has 1 fully saturated rings. The van der Waals surface area contributed by atoms with Gasteiger partial charge in [-0.05, 0) is 37.1 Å². The van der Waals surface area contributed by atoms with Crippen molar-refractivity contribution in [1.82, 2.24) is 4.90 Å². The molecule has 2 nitrogen and oxygen atoms in total. The van der Waals surface area contributed by atoms with Crippen molar-refractivity contribution in [3.05, 3.63) is 71.0 Å². The summed E-state index contributed by atoms with van der Waals surface area (Å²) in [6.07, 6.45) is 1.58. The van der Waals surface area contributed by atoms with Gasteiger partial charge in [-0.2, -0.15) is 0 Å². The van der Waals surface area contributed by atoms with Crippen molar-refractivity contribution in [1.29, 1.82) is 0 Å². The molecule has 1 aliphatic rings. The lowest BCUT2D eigenvalue weighted by Gasteiger charge is -2.23. The summed E-state index contributed by atoms with van der Waals surface area (Å²) in [6.45, 7) is 0.0477. The van der Waals surface area contributed by atoms with Gasteiger partial charge in [0.2, 0.25) is 0 Å². The number of halogens is 3. The van der Waals surface area contributed by atoms with Gasteiger partial charge in [0.1, 0.15) is 17.5 Å². The quantitative estimate of drug-likeness (QED) is 0.838. The van der Waals surface area contributed by atoms with Gasteiger partial charge in [-0.1, -0.05) is 18.2 Å². The number of carbonyl (C=O) groups is 1. The fourth-order valence-corrected chi connectivity index (χ4v) is 2.38. The average Bonchev–Trinajstić information content (AvgIpc) is 3.33. The molecule has 0 bridgehead atoms. The minimum absolute atomic E-state index is 0.0465. The third kappa shape index (κ3) is 2.98. The Labute approximate surface area is 126 Å². The summed E-state index contributed by atoms with van der Waals surface area (Å²) >= 11 is 0. The number of hydrogen-bond donors (Lipinski definition) is 0. The molecule has 2 aromatic carbocycles. The summed E-state index contributed by atoms with van der Waals surface area (Å²) in [5, 5.41) is 0. The van der Waals surface area contributed by atoms with Gasteiger partial charge in [0, 0.05) is 18.2 Å². The zero-order chi connectivity index (χ0) is 15.7. The van der Waals surface area contributed by atoms with Crippen LogP contribution in [-0.4, -0.2) is 16.8 Å². The molecule has 1 amide bonds. The molecule has 3 rings (SSSR count). The number of rotatable bonds is 4. The summed E-state index contributed by atoms with van der Waals surface area (Å²) in [6, 6.07) is 8.86. The van der Waals surface area contributed by atoms with E-state index in [4.69, 9.17) is 0 Å². The van der Waals surface area contributed by atoms with Crippen LogP contribution >= 0.6 is 0 Å². The first-order valence-corrected chi connectivity index (χ1v) is 7.05. The Bertz CT molecular complexity index is 713. The maximum absolute atomic E-state index is 13.8. The molecule has 0 spiro atoms. The van der Waals surface area contributed by atoms with Gasteiger partial charge in [-0.25, -0.2) is 13.2 Å². The van der Waals surface area contributed by atoms with Crippen molar-refractivity contribution < 1.29 is 18.0 Å². The second kappa shape index (κ2) is 5.83. The van der Waals surface area contributed by atoms with Crippen molar-refractivity contribution in [2.75, 3.05) is 0 Å². The fourth-order valence-electron chi connectivity index (χ4n) is 2.38. The van der Waals surface area contributed by atoms with Gasteiger partial charge in [-0.3, -0.25) is 4.79 Å². The highest BCUT2D eigenvalue weighted by molar-refractivity contribution is 5.94. The zero-order valence-electron chi connectivity index (χ0n) is 11.7. The van der Waals surface area contributed by atoms with Crippen LogP contribution in [-0.2, 0) is 6.54 Å². The van der Waals surface area contributed by atoms with Crippen LogP contribution in [0.3, 0.4) is 0 Å². The lowest BCUT2D eigenvalue weighted by Crippen LogP contribution is -2.33. The summed E-state index contributed by atoms with van der Waals surface area (Å²) < 4.78 is 40.8. The van der Waals surface area contributed by atoms with Gasteiger partial charge in [-0.15, -0.1) is 0 Å². The molecule has 0 aromatic heterocycles. The van der Waals surface area contributed by atoms with Crippen LogP contribution < -0.4 is 0 Å². The molecule has 0 heterocycles. The predicted molar refractivity (Wildman–Crippen MR) is 75.7 cm³/mol. The molecule has 0 radical (unpaired) electrons. The highest BCUT2D eigenvalue weighted by Crippen LogP contribution is 2.30. The average molecular weight is 305 g/mol. The largest absolute Gasteiger partial charge is 0.331 e. The first kappa shape index (κ1) is 14.6. The third-order valence-electron chi connectivity index (χ3n) is 3.71. The highest BCUT2D eigenvalue weighted by atomic mass is 19.1. The van der Waals surface area contributed by atoms with Gasteiger partial charge >= 0.3 is 0 Å². The standard InChI is InChI=1S/C17H14F3NO/c18-12-5-8-16(20)14(9-12)17(22)21(13-6-7-13)10-11-3-1-2-4-15(11)19/h1-5,8-9,13H,6-7,10H2. The Morgan fingerprint density at radius 3 is 2.45 bits per heavy atom. The Balaban J connectivity index is 1.90. The van der Waals surface area contributed by atoms with Crippen LogP contribution in [0.4, 0.5) is 13.2 Å². The number of hydrogen-bond acceptors (Lipinski definition) is 1. The van der Waals surface area contributed by atoms with Crippen LogP contribution in [0.2, 0.25) is 0 Å². The maximum Gasteiger partial charge on any atom is 0.257 e. The van der Waals surface area contributed by atoms with Gasteiger partial charge in [0.05, 0.1) is 5.56 Å². The minimum Gasteiger partial charge on any atom is -0.331 e. The Hall–Kier alpha value is -2.30. The summed E-state index contributed by atoms with van der Waals surface area (Å²) in [5.74, 6) is -2.47. The molecular weight excluding hydrogens is 291 g/mol. The van der Waals surface area contributed by atoms with Crippen LogP contribution in [0.5, 0.6) is 0 Å². The Morgan fingerprint density at radius 1 is 1.05 bits per heavy atom. The van der Waals surface area contributed by atoms with Crippen molar-refractivity contribution in [2.24, 2.45) is 0 Å². The van der Waals surface area contributed by atoms with E-state index in [1.54, 1.807) is 18.2 Å². The van der Waals surface area contributed by atoms with E-state index in [9.17, 15) is 18.0 Å². The lowest BCUT2D eigenvalue weighted by molar-refractivity contribution is 0.0723. The maximum atomic E-state index is 13.8. The summed E-state index contributed by atoms with van der Waals surface area (Å²) in [4.78, 5) is 13.9. The molecule has 114 valence electrons. The fraction of sp³-hybridized carbons (Fsp3) is 0.235. The van der Waals surface area contributed by atoms with E-state index in [1.807, 2.05) is 0 Å². The smallest absolute Gasteiger partial charge is 0.257 e. The van der Waals surface area contributed by atoms with E-state index in [-0.39, 0.29) is 18.2 Å². The first-order chi connectivity index (χ1) is 10.6. The van der Waals surface area contributed by atoms with Crippen LogP contribution in [0.25, 0.3) is 0 Å². The molecule has 0 saturated heterocycles. The molecule has 5 heteroatoms. The van der Waals surface area contributed by atoms with Crippen molar-refractivity contribution >= 4 is 5.91 Å². The number of carbonyl (C=O) groups excluding carboxylic acids is 1. The highest BCUT2D eigenvalue weighted by Gasteiger charge is 2.34. The Kier molecular flexibility index (Phi) is 3.88. The molecule has 1 saturated carbocycles. The normalized spacial score (nSPS) is 14.0. The molecule has 2 aromatic rings. The summed E-state index contributed by atoms with van der Waals surface area (Å²) in [7, 11) is 0. The van der Waals surface area contributed by atoms with E-state index in [2.05, 4.69) is 0 Å².